The molecule has 1 atom stereocenters. The standard InChI is InChI=1S/C12H13NO7/c14-5-9(12(19)20)13-4-6-1-2-7(10(15)16)8(3-6)11(17)18/h1-3,9,13-14H,4-5H2,(H,15,16)(H,17,18)(H,19,20). The van der Waals surface area contributed by atoms with Gasteiger partial charge in [-0.15, -0.1) is 0 Å². The molecule has 0 saturated heterocycles. The lowest BCUT2D eigenvalue weighted by atomic mass is 10.0. The number of carboxylic acids is 3. The van der Waals surface area contributed by atoms with Gasteiger partial charge >= 0.3 is 17.9 Å². The van der Waals surface area contributed by atoms with Crippen LogP contribution in [0.1, 0.15) is 26.3 Å². The third kappa shape index (κ3) is 3.77. The molecule has 1 aromatic carbocycles. The number of aromatic carboxylic acids is 2. The third-order valence-corrected chi connectivity index (χ3v) is 2.58. The minimum atomic E-state index is -1.39. The fourth-order valence-electron chi connectivity index (χ4n) is 1.54. The molecular formula is C12H13NO7. The van der Waals surface area contributed by atoms with E-state index in [9.17, 15) is 14.4 Å². The zero-order valence-corrected chi connectivity index (χ0v) is 10.2. The SMILES string of the molecule is O=C(O)c1ccc(CNC(CO)C(=O)O)cc1C(=O)O. The van der Waals surface area contributed by atoms with E-state index in [0.717, 1.165) is 12.1 Å². The van der Waals surface area contributed by atoms with Crippen LogP contribution in [0.4, 0.5) is 0 Å². The Labute approximate surface area is 113 Å². The van der Waals surface area contributed by atoms with Crippen LogP contribution in [0.3, 0.4) is 0 Å². The molecule has 8 heteroatoms. The van der Waals surface area contributed by atoms with Crippen LogP contribution in [-0.2, 0) is 11.3 Å². The maximum absolute atomic E-state index is 11.0. The summed E-state index contributed by atoms with van der Waals surface area (Å²) < 4.78 is 0. The van der Waals surface area contributed by atoms with E-state index >= 15 is 0 Å². The van der Waals surface area contributed by atoms with Gasteiger partial charge in [0.2, 0.25) is 0 Å². The zero-order chi connectivity index (χ0) is 15.3. The highest BCUT2D eigenvalue weighted by molar-refractivity contribution is 6.01. The highest BCUT2D eigenvalue weighted by Gasteiger charge is 2.18. The topological polar surface area (TPSA) is 144 Å². The molecule has 0 saturated carbocycles. The second-order valence-corrected chi connectivity index (χ2v) is 3.94. The van der Waals surface area contributed by atoms with Gasteiger partial charge in [0.25, 0.3) is 0 Å². The summed E-state index contributed by atoms with van der Waals surface area (Å²) in [5.41, 5.74) is -0.335. The van der Waals surface area contributed by atoms with Crippen molar-refractivity contribution < 1.29 is 34.8 Å². The van der Waals surface area contributed by atoms with Gasteiger partial charge in [0.1, 0.15) is 6.04 Å². The number of carbonyl (C=O) groups is 3. The Balaban J connectivity index is 2.93. The summed E-state index contributed by atoms with van der Waals surface area (Å²) in [6.45, 7) is -0.633. The van der Waals surface area contributed by atoms with Crippen LogP contribution in [0.5, 0.6) is 0 Å². The number of rotatable bonds is 7. The maximum atomic E-state index is 11.0. The van der Waals surface area contributed by atoms with Crippen molar-refractivity contribution in [2.75, 3.05) is 6.61 Å². The molecule has 1 aromatic rings. The number of hydrogen-bond donors (Lipinski definition) is 5. The molecule has 1 rings (SSSR count). The van der Waals surface area contributed by atoms with Crippen molar-refractivity contribution in [2.45, 2.75) is 12.6 Å². The molecule has 0 bridgehead atoms. The molecular weight excluding hydrogens is 270 g/mol. The number of benzene rings is 1. The molecule has 20 heavy (non-hydrogen) atoms. The Kier molecular flexibility index (Phi) is 5.18. The first-order chi connectivity index (χ1) is 9.36. The molecule has 0 aliphatic rings. The highest BCUT2D eigenvalue weighted by atomic mass is 16.4. The average Bonchev–Trinajstić information content (AvgIpc) is 2.38. The van der Waals surface area contributed by atoms with Crippen molar-refractivity contribution in [1.29, 1.82) is 0 Å². The molecule has 0 radical (unpaired) electrons. The predicted molar refractivity (Wildman–Crippen MR) is 65.7 cm³/mol. The number of nitrogens with one attached hydrogen (secondary N) is 1. The smallest absolute Gasteiger partial charge is 0.336 e. The van der Waals surface area contributed by atoms with Crippen LogP contribution >= 0.6 is 0 Å². The van der Waals surface area contributed by atoms with Crippen molar-refractivity contribution in [3.05, 3.63) is 34.9 Å². The number of aliphatic carboxylic acids is 1. The molecule has 5 N–H and O–H groups in total. The molecule has 108 valence electrons. The molecule has 0 heterocycles. The minimum Gasteiger partial charge on any atom is -0.480 e. The lowest BCUT2D eigenvalue weighted by Crippen LogP contribution is -2.39. The van der Waals surface area contributed by atoms with Gasteiger partial charge in [0, 0.05) is 6.54 Å². The summed E-state index contributed by atoms with van der Waals surface area (Å²) in [5, 5.41) is 37.8. The summed E-state index contributed by atoms with van der Waals surface area (Å²) in [4.78, 5) is 32.5. The van der Waals surface area contributed by atoms with E-state index in [-0.39, 0.29) is 17.7 Å². The Morgan fingerprint density at radius 1 is 1.05 bits per heavy atom. The van der Waals surface area contributed by atoms with Crippen LogP contribution in [0.2, 0.25) is 0 Å². The second-order valence-electron chi connectivity index (χ2n) is 3.94. The van der Waals surface area contributed by atoms with Gasteiger partial charge in [-0.2, -0.15) is 0 Å². The Hall–Kier alpha value is -2.45. The average molecular weight is 283 g/mol. The molecule has 0 aliphatic carbocycles. The normalized spacial score (nSPS) is 11.8. The van der Waals surface area contributed by atoms with E-state index in [4.69, 9.17) is 20.4 Å². The van der Waals surface area contributed by atoms with Crippen LogP contribution in [-0.4, -0.2) is 51.0 Å². The summed E-state index contributed by atoms with van der Waals surface area (Å²) in [6.07, 6.45) is 0. The van der Waals surface area contributed by atoms with Crippen molar-refractivity contribution in [2.24, 2.45) is 0 Å². The molecule has 0 spiro atoms. The first kappa shape index (κ1) is 15.6. The van der Waals surface area contributed by atoms with Crippen LogP contribution in [0.15, 0.2) is 18.2 Å². The Morgan fingerprint density at radius 3 is 2.10 bits per heavy atom. The summed E-state index contributed by atoms with van der Waals surface area (Å²) in [5.74, 6) is -3.99. The van der Waals surface area contributed by atoms with Crippen molar-refractivity contribution >= 4 is 17.9 Å². The fourth-order valence-corrected chi connectivity index (χ4v) is 1.54. The molecule has 8 nitrogen and oxygen atoms in total. The van der Waals surface area contributed by atoms with E-state index in [1.54, 1.807) is 0 Å². The number of aliphatic hydroxyl groups is 1. The number of carboxylic acid groups (broad SMARTS) is 3. The van der Waals surface area contributed by atoms with Gasteiger partial charge in [-0.3, -0.25) is 10.1 Å². The summed E-state index contributed by atoms with van der Waals surface area (Å²) >= 11 is 0. The monoisotopic (exact) mass is 283 g/mol. The third-order valence-electron chi connectivity index (χ3n) is 2.58. The van der Waals surface area contributed by atoms with E-state index in [1.165, 1.54) is 6.07 Å². The van der Waals surface area contributed by atoms with E-state index < -0.39 is 30.6 Å². The van der Waals surface area contributed by atoms with E-state index in [0.29, 0.717) is 5.56 Å². The molecule has 0 aliphatic heterocycles. The van der Waals surface area contributed by atoms with Gasteiger partial charge in [0.15, 0.2) is 0 Å². The van der Waals surface area contributed by atoms with Gasteiger partial charge < -0.3 is 20.4 Å². The predicted octanol–water partition coefficient (Wildman–Crippen LogP) is -0.382. The van der Waals surface area contributed by atoms with Crippen LogP contribution in [0.25, 0.3) is 0 Å². The van der Waals surface area contributed by atoms with Gasteiger partial charge in [-0.1, -0.05) is 6.07 Å². The van der Waals surface area contributed by atoms with Gasteiger partial charge in [-0.05, 0) is 17.7 Å². The molecule has 0 amide bonds. The van der Waals surface area contributed by atoms with Crippen LogP contribution in [0, 0.1) is 0 Å². The molecule has 1 unspecified atom stereocenters. The van der Waals surface area contributed by atoms with Crippen molar-refractivity contribution in [1.82, 2.24) is 5.32 Å². The first-order valence-electron chi connectivity index (χ1n) is 5.53. The summed E-state index contributed by atoms with van der Waals surface area (Å²) in [6, 6.07) is 2.48. The Morgan fingerprint density at radius 2 is 1.65 bits per heavy atom. The van der Waals surface area contributed by atoms with Crippen LogP contribution < -0.4 is 5.32 Å². The van der Waals surface area contributed by atoms with E-state index in [1.807, 2.05) is 0 Å². The van der Waals surface area contributed by atoms with Crippen molar-refractivity contribution in [3.63, 3.8) is 0 Å². The van der Waals surface area contributed by atoms with E-state index in [2.05, 4.69) is 5.32 Å². The minimum absolute atomic E-state index is 0.0162. The fraction of sp³-hybridized carbons (Fsp3) is 0.250. The number of aliphatic hydroxyl groups excluding tert-OH is 1. The lowest BCUT2D eigenvalue weighted by Gasteiger charge is -2.12. The maximum Gasteiger partial charge on any atom is 0.336 e. The van der Waals surface area contributed by atoms with Crippen molar-refractivity contribution in [3.8, 4) is 0 Å². The largest absolute Gasteiger partial charge is 0.480 e. The zero-order valence-electron chi connectivity index (χ0n) is 10.2. The lowest BCUT2D eigenvalue weighted by molar-refractivity contribution is -0.140. The quantitative estimate of drug-likeness (QED) is 0.455. The Bertz CT molecular complexity index is 541. The molecule has 0 fully saturated rings. The summed E-state index contributed by atoms with van der Waals surface area (Å²) in [7, 11) is 0. The van der Waals surface area contributed by atoms with Gasteiger partial charge in [-0.25, -0.2) is 9.59 Å². The van der Waals surface area contributed by atoms with Gasteiger partial charge in [0.05, 0.1) is 17.7 Å². The molecule has 0 aromatic heterocycles. The highest BCUT2D eigenvalue weighted by Crippen LogP contribution is 2.13. The first-order valence-corrected chi connectivity index (χ1v) is 5.53. The second kappa shape index (κ2) is 6.64. The number of hydrogen-bond acceptors (Lipinski definition) is 5.